The maximum Gasteiger partial charge on any atom is 0.261 e. The average Bonchev–Trinajstić information content (AvgIpc) is 2.61. The number of ether oxygens (including phenoxy) is 1. The van der Waals surface area contributed by atoms with Crippen molar-refractivity contribution in [2.45, 2.75) is 6.04 Å². The summed E-state index contributed by atoms with van der Waals surface area (Å²) in [7, 11) is 0. The molecule has 0 bridgehead atoms. The molecule has 132 valence electrons. The van der Waals surface area contributed by atoms with E-state index >= 15 is 0 Å². The van der Waals surface area contributed by atoms with Gasteiger partial charge in [-0.05, 0) is 35.9 Å². The number of carbonyl (C=O) groups excluding carboxylic acids is 1. The minimum absolute atomic E-state index is 0.106. The zero-order chi connectivity index (χ0) is 17.8. The molecule has 1 N–H and O–H groups in total. The number of carbonyl (C=O) groups is 1. The molecule has 1 fully saturated rings. The van der Waals surface area contributed by atoms with E-state index in [4.69, 9.17) is 16.3 Å². The molecule has 1 heterocycles. The van der Waals surface area contributed by atoms with Crippen LogP contribution >= 0.6 is 11.6 Å². The summed E-state index contributed by atoms with van der Waals surface area (Å²) in [5.74, 6) is -0.813. The lowest BCUT2D eigenvalue weighted by Gasteiger charge is -2.36. The van der Waals surface area contributed by atoms with Gasteiger partial charge in [0.2, 0.25) is 0 Å². The Kier molecular flexibility index (Phi) is 5.50. The highest BCUT2D eigenvalue weighted by Crippen LogP contribution is 2.26. The molecular formula is C18H17ClF2N2O2. The van der Waals surface area contributed by atoms with Crippen molar-refractivity contribution in [3.8, 4) is 5.75 Å². The minimum Gasteiger partial charge on any atom is -0.482 e. The molecule has 7 heteroatoms. The van der Waals surface area contributed by atoms with Crippen LogP contribution in [0, 0.1) is 11.6 Å². The first-order chi connectivity index (χ1) is 12.0. The summed E-state index contributed by atoms with van der Waals surface area (Å²) in [5.41, 5.74) is 0.723. The van der Waals surface area contributed by atoms with Crippen LogP contribution in [-0.4, -0.2) is 37.0 Å². The van der Waals surface area contributed by atoms with Crippen LogP contribution in [0.5, 0.6) is 5.75 Å². The van der Waals surface area contributed by atoms with E-state index in [1.165, 1.54) is 24.3 Å². The first-order valence-corrected chi connectivity index (χ1v) is 8.26. The SMILES string of the molecule is O=C(COc1ccc(F)cc1Cl)N1CCNCC1c1cccc(F)c1. The molecule has 0 saturated carbocycles. The highest BCUT2D eigenvalue weighted by molar-refractivity contribution is 6.32. The number of hydrogen-bond donors (Lipinski definition) is 1. The zero-order valence-electron chi connectivity index (χ0n) is 13.3. The number of piperazine rings is 1. The highest BCUT2D eigenvalue weighted by Gasteiger charge is 2.28. The van der Waals surface area contributed by atoms with E-state index in [2.05, 4.69) is 5.32 Å². The summed E-state index contributed by atoms with van der Waals surface area (Å²) in [6, 6.07) is 9.65. The average molecular weight is 367 g/mol. The molecule has 1 atom stereocenters. The molecule has 0 aliphatic carbocycles. The van der Waals surface area contributed by atoms with Crippen LogP contribution in [0.2, 0.25) is 5.02 Å². The second-order valence-corrected chi connectivity index (χ2v) is 6.13. The van der Waals surface area contributed by atoms with Crippen molar-refractivity contribution in [2.75, 3.05) is 26.2 Å². The third-order valence-corrected chi connectivity index (χ3v) is 4.34. The number of hydrogen-bond acceptors (Lipinski definition) is 3. The van der Waals surface area contributed by atoms with Gasteiger partial charge < -0.3 is 15.0 Å². The predicted octanol–water partition coefficient (Wildman–Crippen LogP) is 3.17. The molecule has 1 unspecified atom stereocenters. The molecule has 25 heavy (non-hydrogen) atoms. The number of rotatable bonds is 4. The van der Waals surface area contributed by atoms with Crippen LogP contribution in [0.15, 0.2) is 42.5 Å². The van der Waals surface area contributed by atoms with Crippen LogP contribution in [0.25, 0.3) is 0 Å². The highest BCUT2D eigenvalue weighted by atomic mass is 35.5. The van der Waals surface area contributed by atoms with Crippen molar-refractivity contribution in [1.82, 2.24) is 10.2 Å². The fraction of sp³-hybridized carbons (Fsp3) is 0.278. The smallest absolute Gasteiger partial charge is 0.261 e. The number of nitrogens with one attached hydrogen (secondary N) is 1. The molecule has 4 nitrogen and oxygen atoms in total. The minimum atomic E-state index is -0.475. The third-order valence-electron chi connectivity index (χ3n) is 4.04. The Morgan fingerprint density at radius 3 is 2.80 bits per heavy atom. The maximum absolute atomic E-state index is 13.5. The van der Waals surface area contributed by atoms with Crippen LogP contribution in [0.4, 0.5) is 8.78 Å². The van der Waals surface area contributed by atoms with Gasteiger partial charge in [0.05, 0.1) is 11.1 Å². The van der Waals surface area contributed by atoms with Crippen molar-refractivity contribution in [3.05, 3.63) is 64.7 Å². The van der Waals surface area contributed by atoms with Gasteiger partial charge in [0.15, 0.2) is 6.61 Å². The summed E-state index contributed by atoms with van der Waals surface area (Å²) >= 11 is 5.90. The topological polar surface area (TPSA) is 41.6 Å². The summed E-state index contributed by atoms with van der Waals surface area (Å²) in [5, 5.41) is 3.31. The van der Waals surface area contributed by atoms with Crippen molar-refractivity contribution in [3.63, 3.8) is 0 Å². The Balaban J connectivity index is 1.70. The van der Waals surface area contributed by atoms with E-state index < -0.39 is 5.82 Å². The Labute approximate surface area is 149 Å². The largest absolute Gasteiger partial charge is 0.482 e. The van der Waals surface area contributed by atoms with Crippen LogP contribution in [-0.2, 0) is 4.79 Å². The summed E-state index contributed by atoms with van der Waals surface area (Å²) in [6.07, 6.45) is 0. The van der Waals surface area contributed by atoms with E-state index in [9.17, 15) is 13.6 Å². The Morgan fingerprint density at radius 2 is 2.04 bits per heavy atom. The molecule has 1 amide bonds. The quantitative estimate of drug-likeness (QED) is 0.903. The Morgan fingerprint density at radius 1 is 1.24 bits per heavy atom. The molecule has 1 saturated heterocycles. The fourth-order valence-corrected chi connectivity index (χ4v) is 3.05. The van der Waals surface area contributed by atoms with E-state index in [1.54, 1.807) is 17.0 Å². The Bertz CT molecular complexity index is 772. The van der Waals surface area contributed by atoms with Crippen LogP contribution < -0.4 is 10.1 Å². The Hall–Kier alpha value is -2.18. The third kappa shape index (κ3) is 4.27. The molecule has 2 aromatic rings. The van der Waals surface area contributed by atoms with Gasteiger partial charge in [-0.2, -0.15) is 0 Å². The predicted molar refractivity (Wildman–Crippen MR) is 90.6 cm³/mol. The van der Waals surface area contributed by atoms with Gasteiger partial charge in [-0.15, -0.1) is 0 Å². The monoisotopic (exact) mass is 366 g/mol. The van der Waals surface area contributed by atoms with Gasteiger partial charge in [0.25, 0.3) is 5.91 Å². The van der Waals surface area contributed by atoms with Crippen molar-refractivity contribution >= 4 is 17.5 Å². The van der Waals surface area contributed by atoms with Crippen LogP contribution in [0.1, 0.15) is 11.6 Å². The lowest BCUT2D eigenvalue weighted by Crippen LogP contribution is -2.50. The van der Waals surface area contributed by atoms with Gasteiger partial charge in [-0.25, -0.2) is 8.78 Å². The van der Waals surface area contributed by atoms with Gasteiger partial charge in [-0.3, -0.25) is 4.79 Å². The first kappa shape index (κ1) is 17.6. The standard InChI is InChI=1S/C18H17ClF2N2O2/c19-15-9-14(21)4-5-17(15)25-11-18(24)23-7-6-22-10-16(23)12-2-1-3-13(20)8-12/h1-5,8-9,16,22H,6-7,10-11H2. The molecular weight excluding hydrogens is 350 g/mol. The zero-order valence-corrected chi connectivity index (χ0v) is 14.1. The lowest BCUT2D eigenvalue weighted by molar-refractivity contribution is -0.136. The lowest BCUT2D eigenvalue weighted by atomic mass is 10.0. The second kappa shape index (κ2) is 7.80. The summed E-state index contributed by atoms with van der Waals surface area (Å²) in [4.78, 5) is 14.2. The normalized spacial score (nSPS) is 17.4. The molecule has 2 aromatic carbocycles. The number of nitrogens with zero attached hydrogens (tertiary/aromatic N) is 1. The van der Waals surface area contributed by atoms with Crippen molar-refractivity contribution in [2.24, 2.45) is 0 Å². The van der Waals surface area contributed by atoms with Gasteiger partial charge >= 0.3 is 0 Å². The molecule has 1 aliphatic rings. The fourth-order valence-electron chi connectivity index (χ4n) is 2.83. The van der Waals surface area contributed by atoms with E-state index in [1.807, 2.05) is 0 Å². The van der Waals surface area contributed by atoms with Gasteiger partial charge in [0.1, 0.15) is 17.4 Å². The van der Waals surface area contributed by atoms with Crippen molar-refractivity contribution in [1.29, 1.82) is 0 Å². The molecule has 0 radical (unpaired) electrons. The van der Waals surface area contributed by atoms with E-state index in [0.29, 0.717) is 19.6 Å². The van der Waals surface area contributed by atoms with Gasteiger partial charge in [-0.1, -0.05) is 23.7 Å². The number of amides is 1. The summed E-state index contributed by atoms with van der Waals surface area (Å²) < 4.78 is 32.0. The summed E-state index contributed by atoms with van der Waals surface area (Å²) in [6.45, 7) is 1.44. The number of halogens is 3. The van der Waals surface area contributed by atoms with Crippen LogP contribution in [0.3, 0.4) is 0 Å². The van der Waals surface area contributed by atoms with Crippen molar-refractivity contribution < 1.29 is 18.3 Å². The number of benzene rings is 2. The molecule has 0 aromatic heterocycles. The van der Waals surface area contributed by atoms with Gasteiger partial charge in [0, 0.05) is 19.6 Å². The van der Waals surface area contributed by atoms with E-state index in [-0.39, 0.29) is 35.1 Å². The molecule has 1 aliphatic heterocycles. The maximum atomic E-state index is 13.5. The second-order valence-electron chi connectivity index (χ2n) is 5.73. The first-order valence-electron chi connectivity index (χ1n) is 7.88. The molecule has 3 rings (SSSR count). The van der Waals surface area contributed by atoms with E-state index in [0.717, 1.165) is 11.6 Å². The molecule has 0 spiro atoms.